The maximum absolute atomic E-state index is 6.11. The molecule has 1 aliphatic rings. The molecule has 1 aliphatic heterocycles. The van der Waals surface area contributed by atoms with Crippen LogP contribution in [0.1, 0.15) is 75.7 Å². The fourth-order valence-electron chi connectivity index (χ4n) is 3.24. The monoisotopic (exact) mass is 312 g/mol. The molecule has 1 rings (SSSR count). The molecule has 1 heterocycles. The van der Waals surface area contributed by atoms with Gasteiger partial charge in [0.05, 0.1) is 5.60 Å². The van der Waals surface area contributed by atoms with Gasteiger partial charge in [-0.15, -0.1) is 0 Å². The highest BCUT2D eigenvalue weighted by molar-refractivity contribution is 6.36. The van der Waals surface area contributed by atoms with E-state index in [2.05, 4.69) is 69.2 Å². The molecule has 4 atom stereocenters. The third-order valence-electron chi connectivity index (χ3n) is 6.05. The molecule has 0 N–H and O–H groups in total. The summed E-state index contributed by atoms with van der Waals surface area (Å²) in [5.74, 6) is 1.62. The summed E-state index contributed by atoms with van der Waals surface area (Å²) in [6, 6.07) is 0. The fourth-order valence-corrected chi connectivity index (χ4v) is 3.24. The van der Waals surface area contributed by atoms with Gasteiger partial charge in [0.1, 0.15) is 0 Å². The van der Waals surface area contributed by atoms with Crippen molar-refractivity contribution < 1.29 is 14.0 Å². The Bertz CT molecular complexity index is 354. The van der Waals surface area contributed by atoms with Crippen LogP contribution in [0.5, 0.6) is 0 Å². The van der Waals surface area contributed by atoms with E-state index < -0.39 is 7.32 Å². The third-order valence-corrected chi connectivity index (χ3v) is 6.05. The molecule has 0 aromatic carbocycles. The molecule has 3 nitrogen and oxygen atoms in total. The zero-order valence-electron chi connectivity index (χ0n) is 16.4. The molecule has 4 unspecified atom stereocenters. The van der Waals surface area contributed by atoms with Crippen LogP contribution >= 0.6 is 0 Å². The predicted molar refractivity (Wildman–Crippen MR) is 93.6 cm³/mol. The van der Waals surface area contributed by atoms with Crippen LogP contribution < -0.4 is 0 Å². The highest BCUT2D eigenvalue weighted by Gasteiger charge is 2.42. The van der Waals surface area contributed by atoms with Gasteiger partial charge in [-0.3, -0.25) is 0 Å². The maximum Gasteiger partial charge on any atom is 0.640 e. The minimum absolute atomic E-state index is 0.0964. The Hall–Kier alpha value is -0.0551. The van der Waals surface area contributed by atoms with Crippen LogP contribution in [0.4, 0.5) is 0 Å². The standard InChI is InChI=1S/C18H37BO3/c1-12(2)18(9,10)15(5)14(4)16(6)21-19-20-13(3)11-17(7,8)22-19/h12-16H,11H2,1-10H3. The van der Waals surface area contributed by atoms with Crippen molar-refractivity contribution in [1.82, 2.24) is 0 Å². The summed E-state index contributed by atoms with van der Waals surface area (Å²) in [7, 11) is -0.550. The Morgan fingerprint density at radius 1 is 1.14 bits per heavy atom. The third kappa shape index (κ3) is 4.97. The van der Waals surface area contributed by atoms with Gasteiger partial charge in [-0.05, 0) is 57.3 Å². The van der Waals surface area contributed by atoms with Crippen LogP contribution in [0.2, 0.25) is 0 Å². The summed E-state index contributed by atoms with van der Waals surface area (Å²) < 4.78 is 17.9. The van der Waals surface area contributed by atoms with Crippen molar-refractivity contribution in [3.63, 3.8) is 0 Å². The highest BCUT2D eigenvalue weighted by atomic mass is 16.8. The normalized spacial score (nSPS) is 26.9. The van der Waals surface area contributed by atoms with Gasteiger partial charge < -0.3 is 14.0 Å². The summed E-state index contributed by atoms with van der Waals surface area (Å²) in [6.45, 7) is 22.3. The number of hydrogen-bond donors (Lipinski definition) is 0. The van der Waals surface area contributed by atoms with Crippen molar-refractivity contribution in [3.8, 4) is 0 Å². The molecule has 1 saturated heterocycles. The van der Waals surface area contributed by atoms with Crippen molar-refractivity contribution in [1.29, 1.82) is 0 Å². The largest absolute Gasteiger partial charge is 0.640 e. The van der Waals surface area contributed by atoms with E-state index >= 15 is 0 Å². The van der Waals surface area contributed by atoms with Gasteiger partial charge in [0.25, 0.3) is 0 Å². The quantitative estimate of drug-likeness (QED) is 0.651. The van der Waals surface area contributed by atoms with E-state index in [1.165, 1.54) is 0 Å². The molecule has 0 amide bonds. The molecule has 4 heteroatoms. The first-order valence-electron chi connectivity index (χ1n) is 8.85. The first-order valence-corrected chi connectivity index (χ1v) is 8.85. The van der Waals surface area contributed by atoms with E-state index in [9.17, 15) is 0 Å². The second-order valence-electron chi connectivity index (χ2n) is 8.78. The zero-order valence-corrected chi connectivity index (χ0v) is 16.4. The predicted octanol–water partition coefficient (Wildman–Crippen LogP) is 4.93. The highest BCUT2D eigenvalue weighted by Crippen LogP contribution is 2.40. The van der Waals surface area contributed by atoms with E-state index in [1.54, 1.807) is 0 Å². The lowest BCUT2D eigenvalue weighted by Gasteiger charge is -2.43. The molecule has 1 fully saturated rings. The summed E-state index contributed by atoms with van der Waals surface area (Å²) >= 11 is 0. The molecular weight excluding hydrogens is 275 g/mol. The SMILES string of the molecule is CC1CC(C)(C)OB(OC(C)C(C)C(C)C(C)(C)C(C)C)O1. The molecular formula is C18H37BO3. The van der Waals surface area contributed by atoms with Gasteiger partial charge in [-0.25, -0.2) is 0 Å². The first-order chi connectivity index (χ1) is 9.86. The summed E-state index contributed by atoms with van der Waals surface area (Å²) in [5, 5.41) is 0. The van der Waals surface area contributed by atoms with Crippen molar-refractivity contribution in [2.75, 3.05) is 0 Å². The van der Waals surface area contributed by atoms with Crippen LogP contribution in [0.3, 0.4) is 0 Å². The summed E-state index contributed by atoms with van der Waals surface area (Å²) in [5.41, 5.74) is 0.0893. The molecule has 0 bridgehead atoms. The molecule has 0 aromatic rings. The fraction of sp³-hybridized carbons (Fsp3) is 1.00. The molecule has 0 aromatic heterocycles. The van der Waals surface area contributed by atoms with Crippen molar-refractivity contribution in [2.24, 2.45) is 23.2 Å². The Morgan fingerprint density at radius 3 is 2.14 bits per heavy atom. The van der Waals surface area contributed by atoms with Gasteiger partial charge >= 0.3 is 7.32 Å². The minimum atomic E-state index is -0.550. The Morgan fingerprint density at radius 2 is 1.68 bits per heavy atom. The molecule has 0 saturated carbocycles. The second-order valence-corrected chi connectivity index (χ2v) is 8.78. The molecule has 0 aliphatic carbocycles. The van der Waals surface area contributed by atoms with Gasteiger partial charge in [-0.2, -0.15) is 0 Å². The number of hydrogen-bond acceptors (Lipinski definition) is 3. The Balaban J connectivity index is 2.66. The van der Waals surface area contributed by atoms with Crippen molar-refractivity contribution >= 4 is 7.32 Å². The lowest BCUT2D eigenvalue weighted by molar-refractivity contribution is -0.0882. The van der Waals surface area contributed by atoms with Gasteiger partial charge in [0.2, 0.25) is 0 Å². The van der Waals surface area contributed by atoms with Crippen LogP contribution in [0.25, 0.3) is 0 Å². The van der Waals surface area contributed by atoms with Gasteiger partial charge in [-0.1, -0.05) is 41.5 Å². The van der Waals surface area contributed by atoms with Crippen LogP contribution in [0.15, 0.2) is 0 Å². The molecule has 130 valence electrons. The summed E-state index contributed by atoms with van der Waals surface area (Å²) in [6.07, 6.45) is 1.16. The van der Waals surface area contributed by atoms with Gasteiger partial charge in [0.15, 0.2) is 0 Å². The first kappa shape index (κ1) is 20.0. The van der Waals surface area contributed by atoms with E-state index in [0.717, 1.165) is 6.42 Å². The summed E-state index contributed by atoms with van der Waals surface area (Å²) in [4.78, 5) is 0. The van der Waals surface area contributed by atoms with Crippen LogP contribution in [-0.2, 0) is 14.0 Å². The van der Waals surface area contributed by atoms with Crippen LogP contribution in [-0.4, -0.2) is 25.1 Å². The van der Waals surface area contributed by atoms with Crippen molar-refractivity contribution in [3.05, 3.63) is 0 Å². The molecule has 22 heavy (non-hydrogen) atoms. The second kappa shape index (κ2) is 7.23. The topological polar surface area (TPSA) is 27.7 Å². The lowest BCUT2D eigenvalue weighted by atomic mass is 9.66. The van der Waals surface area contributed by atoms with E-state index in [1.807, 2.05) is 0 Å². The van der Waals surface area contributed by atoms with E-state index in [4.69, 9.17) is 14.0 Å². The lowest BCUT2D eigenvalue weighted by Crippen LogP contribution is -2.49. The average molecular weight is 312 g/mol. The van der Waals surface area contributed by atoms with Crippen LogP contribution in [0, 0.1) is 23.2 Å². The van der Waals surface area contributed by atoms with E-state index in [0.29, 0.717) is 17.8 Å². The van der Waals surface area contributed by atoms with Gasteiger partial charge in [0, 0.05) is 12.2 Å². The smallest absolute Gasteiger partial charge is 0.383 e. The molecule has 0 spiro atoms. The van der Waals surface area contributed by atoms with Crippen molar-refractivity contribution in [2.45, 2.75) is 93.5 Å². The Labute approximate surface area is 138 Å². The maximum atomic E-state index is 6.11. The zero-order chi connectivity index (χ0) is 17.3. The molecule has 0 radical (unpaired) electrons. The Kier molecular flexibility index (Phi) is 6.57. The number of rotatable bonds is 6. The average Bonchev–Trinajstić information content (AvgIpc) is 2.33. The van der Waals surface area contributed by atoms with E-state index in [-0.39, 0.29) is 23.2 Å². The minimum Gasteiger partial charge on any atom is -0.383 e.